The molecule has 0 aromatic carbocycles. The third-order valence-electron chi connectivity index (χ3n) is 4.69. The van der Waals surface area contributed by atoms with Crippen LogP contribution in [0.4, 0.5) is 0 Å². The maximum absolute atomic E-state index is 4.38. The van der Waals surface area contributed by atoms with Crippen molar-refractivity contribution < 1.29 is 0 Å². The standard InChI is InChI=1S/C17H37N5/c1-6-11-21-12-9-16(10-13-21)20-17(18-5)19-14-15(4)22(7-2)8-3/h15-16H,6-14H2,1-5H3,(H2,18,19,20). The van der Waals surface area contributed by atoms with Gasteiger partial charge < -0.3 is 15.5 Å². The molecule has 5 heteroatoms. The predicted molar refractivity (Wildman–Crippen MR) is 96.6 cm³/mol. The maximum atomic E-state index is 4.38. The van der Waals surface area contributed by atoms with Crippen LogP contribution in [0.25, 0.3) is 0 Å². The van der Waals surface area contributed by atoms with Gasteiger partial charge in [0.15, 0.2) is 5.96 Å². The molecule has 22 heavy (non-hydrogen) atoms. The van der Waals surface area contributed by atoms with E-state index in [1.54, 1.807) is 0 Å². The fraction of sp³-hybridized carbons (Fsp3) is 0.941. The number of likely N-dealkylation sites (tertiary alicyclic amines) is 1. The molecule has 130 valence electrons. The zero-order chi connectivity index (χ0) is 16.4. The van der Waals surface area contributed by atoms with Gasteiger partial charge in [-0.2, -0.15) is 0 Å². The quantitative estimate of drug-likeness (QED) is 0.529. The first-order valence-electron chi connectivity index (χ1n) is 9.08. The molecule has 0 spiro atoms. The van der Waals surface area contributed by atoms with Gasteiger partial charge in [0, 0.05) is 38.8 Å². The van der Waals surface area contributed by atoms with Gasteiger partial charge >= 0.3 is 0 Å². The maximum Gasteiger partial charge on any atom is 0.191 e. The van der Waals surface area contributed by atoms with Gasteiger partial charge in [-0.3, -0.25) is 9.89 Å². The van der Waals surface area contributed by atoms with Gasteiger partial charge in [-0.25, -0.2) is 0 Å². The average molecular weight is 312 g/mol. The van der Waals surface area contributed by atoms with Crippen LogP contribution >= 0.6 is 0 Å². The Hall–Kier alpha value is -0.810. The Morgan fingerprint density at radius 3 is 2.36 bits per heavy atom. The number of nitrogens with one attached hydrogen (secondary N) is 2. The molecule has 1 atom stereocenters. The van der Waals surface area contributed by atoms with Crippen LogP contribution in [0.15, 0.2) is 4.99 Å². The third kappa shape index (κ3) is 6.53. The van der Waals surface area contributed by atoms with E-state index in [0.29, 0.717) is 12.1 Å². The van der Waals surface area contributed by atoms with Crippen molar-refractivity contribution in [2.45, 2.75) is 59.0 Å². The number of rotatable bonds is 8. The highest BCUT2D eigenvalue weighted by molar-refractivity contribution is 5.80. The summed E-state index contributed by atoms with van der Waals surface area (Å²) < 4.78 is 0. The largest absolute Gasteiger partial charge is 0.355 e. The van der Waals surface area contributed by atoms with E-state index in [1.807, 2.05) is 7.05 Å². The molecule has 1 fully saturated rings. The Morgan fingerprint density at radius 2 is 1.86 bits per heavy atom. The van der Waals surface area contributed by atoms with E-state index in [0.717, 1.165) is 25.6 Å². The third-order valence-corrected chi connectivity index (χ3v) is 4.69. The zero-order valence-corrected chi connectivity index (χ0v) is 15.4. The number of hydrogen-bond acceptors (Lipinski definition) is 3. The summed E-state index contributed by atoms with van der Waals surface area (Å²) >= 11 is 0. The first kappa shape index (κ1) is 19.2. The summed E-state index contributed by atoms with van der Waals surface area (Å²) in [6.07, 6.45) is 3.68. The molecule has 1 aliphatic heterocycles. The van der Waals surface area contributed by atoms with Crippen molar-refractivity contribution >= 4 is 5.96 Å². The minimum absolute atomic E-state index is 0.528. The number of hydrogen-bond donors (Lipinski definition) is 2. The summed E-state index contributed by atoms with van der Waals surface area (Å²) in [6, 6.07) is 1.09. The van der Waals surface area contributed by atoms with Gasteiger partial charge in [-0.15, -0.1) is 0 Å². The Morgan fingerprint density at radius 1 is 1.23 bits per heavy atom. The molecule has 1 heterocycles. The molecule has 1 aliphatic rings. The SMILES string of the molecule is CCCN1CCC(NC(=NC)NCC(C)N(CC)CC)CC1. The topological polar surface area (TPSA) is 42.9 Å². The molecule has 0 radical (unpaired) electrons. The predicted octanol–water partition coefficient (Wildman–Crippen LogP) is 1.76. The van der Waals surface area contributed by atoms with E-state index < -0.39 is 0 Å². The Kier molecular flexibility index (Phi) is 9.48. The monoisotopic (exact) mass is 311 g/mol. The number of aliphatic imine (C=N–C) groups is 1. The van der Waals surface area contributed by atoms with Crippen LogP contribution in [0.2, 0.25) is 0 Å². The second kappa shape index (κ2) is 10.8. The lowest BCUT2D eigenvalue weighted by Gasteiger charge is -2.33. The second-order valence-electron chi connectivity index (χ2n) is 6.28. The van der Waals surface area contributed by atoms with Crippen molar-refractivity contribution in [2.24, 2.45) is 4.99 Å². The van der Waals surface area contributed by atoms with Crippen LogP contribution in [-0.2, 0) is 0 Å². The number of likely N-dealkylation sites (N-methyl/N-ethyl adjacent to an activating group) is 1. The van der Waals surface area contributed by atoms with Crippen molar-refractivity contribution in [3.05, 3.63) is 0 Å². The van der Waals surface area contributed by atoms with Crippen LogP contribution in [0.1, 0.15) is 47.0 Å². The molecule has 1 rings (SSSR count). The van der Waals surface area contributed by atoms with Crippen LogP contribution < -0.4 is 10.6 Å². The van der Waals surface area contributed by atoms with E-state index in [1.165, 1.54) is 38.9 Å². The summed E-state index contributed by atoms with van der Waals surface area (Å²) in [5.74, 6) is 0.952. The van der Waals surface area contributed by atoms with Crippen molar-refractivity contribution in [1.29, 1.82) is 0 Å². The van der Waals surface area contributed by atoms with Gasteiger partial charge in [0.05, 0.1) is 0 Å². The minimum Gasteiger partial charge on any atom is -0.355 e. The lowest BCUT2D eigenvalue weighted by Crippen LogP contribution is -2.51. The smallest absolute Gasteiger partial charge is 0.191 e. The van der Waals surface area contributed by atoms with E-state index >= 15 is 0 Å². The fourth-order valence-electron chi connectivity index (χ4n) is 3.23. The molecule has 0 bridgehead atoms. The van der Waals surface area contributed by atoms with Crippen LogP contribution in [0, 0.1) is 0 Å². The number of guanidine groups is 1. The van der Waals surface area contributed by atoms with E-state index in [-0.39, 0.29) is 0 Å². The second-order valence-corrected chi connectivity index (χ2v) is 6.28. The number of piperidine rings is 1. The first-order chi connectivity index (χ1) is 10.6. The molecular weight excluding hydrogens is 274 g/mol. The van der Waals surface area contributed by atoms with Crippen LogP contribution in [0.5, 0.6) is 0 Å². The summed E-state index contributed by atoms with van der Waals surface area (Å²) in [5, 5.41) is 7.08. The van der Waals surface area contributed by atoms with Crippen molar-refractivity contribution in [3.63, 3.8) is 0 Å². The molecule has 0 aromatic heterocycles. The fourth-order valence-corrected chi connectivity index (χ4v) is 3.23. The van der Waals surface area contributed by atoms with Gasteiger partial charge in [0.1, 0.15) is 0 Å². The van der Waals surface area contributed by atoms with Gasteiger partial charge in [0.2, 0.25) is 0 Å². The first-order valence-corrected chi connectivity index (χ1v) is 9.08. The van der Waals surface area contributed by atoms with Crippen molar-refractivity contribution in [1.82, 2.24) is 20.4 Å². The molecule has 0 amide bonds. The molecule has 1 unspecified atom stereocenters. The Balaban J connectivity index is 2.31. The summed E-state index contributed by atoms with van der Waals surface area (Å²) in [6.45, 7) is 15.8. The van der Waals surface area contributed by atoms with Gasteiger partial charge in [0.25, 0.3) is 0 Å². The number of nitrogens with zero attached hydrogens (tertiary/aromatic N) is 3. The summed E-state index contributed by atoms with van der Waals surface area (Å²) in [4.78, 5) is 9.41. The van der Waals surface area contributed by atoms with E-state index in [2.05, 4.69) is 53.1 Å². The zero-order valence-electron chi connectivity index (χ0n) is 15.4. The Bertz CT molecular complexity index is 306. The van der Waals surface area contributed by atoms with E-state index in [4.69, 9.17) is 0 Å². The van der Waals surface area contributed by atoms with E-state index in [9.17, 15) is 0 Å². The van der Waals surface area contributed by atoms with Gasteiger partial charge in [-0.1, -0.05) is 20.8 Å². The lowest BCUT2D eigenvalue weighted by atomic mass is 10.1. The lowest BCUT2D eigenvalue weighted by molar-refractivity contribution is 0.205. The molecule has 5 nitrogen and oxygen atoms in total. The molecule has 0 saturated carbocycles. The highest BCUT2D eigenvalue weighted by Gasteiger charge is 2.19. The molecule has 1 saturated heterocycles. The summed E-state index contributed by atoms with van der Waals surface area (Å²) in [5.41, 5.74) is 0. The molecule has 0 aromatic rings. The highest BCUT2D eigenvalue weighted by Crippen LogP contribution is 2.10. The van der Waals surface area contributed by atoms with Crippen LogP contribution in [0.3, 0.4) is 0 Å². The normalized spacial score (nSPS) is 19.5. The molecular formula is C17H37N5. The highest BCUT2D eigenvalue weighted by atomic mass is 15.2. The molecule has 0 aliphatic carbocycles. The van der Waals surface area contributed by atoms with Gasteiger partial charge in [-0.05, 0) is 45.8 Å². The molecule has 2 N–H and O–H groups in total. The minimum atomic E-state index is 0.528. The summed E-state index contributed by atoms with van der Waals surface area (Å²) in [7, 11) is 1.86. The van der Waals surface area contributed by atoms with Crippen LogP contribution in [-0.4, -0.2) is 74.2 Å². The average Bonchev–Trinajstić information content (AvgIpc) is 2.54. The Labute approximate surface area is 137 Å². The van der Waals surface area contributed by atoms with Crippen molar-refractivity contribution in [2.75, 3.05) is 46.3 Å². The van der Waals surface area contributed by atoms with Crippen molar-refractivity contribution in [3.8, 4) is 0 Å².